The zero-order chi connectivity index (χ0) is 24.6. The average molecular weight is 592 g/mol. The van der Waals surface area contributed by atoms with E-state index in [0.717, 1.165) is 23.3 Å². The number of rotatable bonds is 5. The van der Waals surface area contributed by atoms with Gasteiger partial charge in [0.05, 0.1) is 5.69 Å². The van der Waals surface area contributed by atoms with E-state index in [0.29, 0.717) is 0 Å². The molecule has 0 bridgehead atoms. The number of aromatic nitrogens is 1. The summed E-state index contributed by atoms with van der Waals surface area (Å²) in [6.07, 6.45) is 0. The van der Waals surface area contributed by atoms with Crippen molar-refractivity contribution >= 4 is 62.7 Å². The minimum atomic E-state index is -2.56. The summed E-state index contributed by atoms with van der Waals surface area (Å²) in [5, 5.41) is 3.44. The highest BCUT2D eigenvalue weighted by atomic mass is 127. The molecule has 3 nitrogen and oxygen atoms in total. The van der Waals surface area contributed by atoms with Gasteiger partial charge < -0.3 is 9.09 Å². The van der Waals surface area contributed by atoms with E-state index in [9.17, 15) is 0 Å². The van der Waals surface area contributed by atoms with Gasteiger partial charge in [0, 0.05) is 42.4 Å². The van der Waals surface area contributed by atoms with E-state index < -0.39 is 7.28 Å². The molecular weight excluding hydrogens is 562 g/mol. The maximum absolute atomic E-state index is 7.02. The summed E-state index contributed by atoms with van der Waals surface area (Å²) < 4.78 is 16.1. The normalized spacial score (nSPS) is 13.6. The third kappa shape index (κ3) is 4.43. The first-order chi connectivity index (χ1) is 16.8. The van der Waals surface area contributed by atoms with Crippen molar-refractivity contribution in [3.63, 3.8) is 0 Å². The molecule has 0 spiro atoms. The van der Waals surface area contributed by atoms with Crippen molar-refractivity contribution < 1.29 is 4.52 Å². The van der Waals surface area contributed by atoms with Crippen LogP contribution in [0.4, 0.5) is 5.69 Å². The van der Waals surface area contributed by atoms with Gasteiger partial charge in [-0.1, -0.05) is 57.2 Å². The Hall–Kier alpha value is -2.56. The summed E-state index contributed by atoms with van der Waals surface area (Å²) in [4.78, 5) is 0. The van der Waals surface area contributed by atoms with Crippen molar-refractivity contribution in [1.82, 2.24) is 4.57 Å². The van der Waals surface area contributed by atoms with Gasteiger partial charge in [-0.25, -0.2) is 4.74 Å². The molecule has 5 aromatic rings. The lowest BCUT2D eigenvalue weighted by molar-refractivity contribution is 0.571. The van der Waals surface area contributed by atoms with Crippen LogP contribution in [0.25, 0.3) is 21.8 Å². The highest BCUT2D eigenvalue weighted by Crippen LogP contribution is 2.62. The van der Waals surface area contributed by atoms with Crippen LogP contribution in [0, 0.1) is 3.57 Å². The molecule has 5 heteroatoms. The fourth-order valence-electron chi connectivity index (χ4n) is 4.68. The van der Waals surface area contributed by atoms with Crippen molar-refractivity contribution in [2.45, 2.75) is 39.4 Å². The van der Waals surface area contributed by atoms with Crippen LogP contribution in [0.1, 0.15) is 27.7 Å². The van der Waals surface area contributed by atoms with E-state index in [1.54, 1.807) is 0 Å². The number of aryl methyl sites for hydroxylation is 1. The Morgan fingerprint density at radius 3 is 2.14 bits per heavy atom. The summed E-state index contributed by atoms with van der Waals surface area (Å²) in [5.41, 5.74) is 3.46. The Morgan fingerprint density at radius 2 is 1.46 bits per heavy atom. The Labute approximate surface area is 221 Å². The third-order valence-corrected chi connectivity index (χ3v) is 10.9. The lowest BCUT2D eigenvalue weighted by atomic mass is 10.1. The molecule has 5 rings (SSSR count). The lowest BCUT2D eigenvalue weighted by Gasteiger charge is -2.37. The Balaban J connectivity index is 1.84. The summed E-state index contributed by atoms with van der Waals surface area (Å²) in [5.74, 6) is 0.848. The molecule has 1 heterocycles. The van der Waals surface area contributed by atoms with Crippen LogP contribution in [0.5, 0.6) is 5.75 Å². The minimum Gasteiger partial charge on any atom is -0.455 e. The second-order valence-electron chi connectivity index (χ2n) is 9.69. The Morgan fingerprint density at radius 1 is 0.800 bits per heavy atom. The summed E-state index contributed by atoms with van der Waals surface area (Å²) >= 11 is 2.34. The second kappa shape index (κ2) is 9.48. The van der Waals surface area contributed by atoms with E-state index in [1.165, 1.54) is 25.4 Å². The van der Waals surface area contributed by atoms with Gasteiger partial charge in [-0.05, 0) is 90.2 Å². The molecule has 0 saturated heterocycles. The first-order valence-corrected chi connectivity index (χ1v) is 14.7. The first kappa shape index (κ1) is 24.1. The van der Waals surface area contributed by atoms with Crippen molar-refractivity contribution in [1.29, 1.82) is 0 Å². The summed E-state index contributed by atoms with van der Waals surface area (Å²) in [6.45, 7) is 9.88. The van der Waals surface area contributed by atoms with Gasteiger partial charge in [0.2, 0.25) is 0 Å². The second-order valence-corrected chi connectivity index (χ2v) is 14.3. The predicted molar refractivity (Wildman–Crippen MR) is 160 cm³/mol. The van der Waals surface area contributed by atoms with Crippen LogP contribution >= 0.6 is 29.9 Å². The molecule has 0 aliphatic heterocycles. The van der Waals surface area contributed by atoms with Gasteiger partial charge >= 0.3 is 0 Å². The van der Waals surface area contributed by atoms with Crippen LogP contribution in [0.2, 0.25) is 0 Å². The van der Waals surface area contributed by atoms with Gasteiger partial charge in [-0.3, -0.25) is 0 Å². The smallest absolute Gasteiger partial charge is 0.173 e. The predicted octanol–water partition coefficient (Wildman–Crippen LogP) is 9.37. The van der Waals surface area contributed by atoms with Crippen molar-refractivity contribution in [2.75, 3.05) is 0 Å². The van der Waals surface area contributed by atoms with E-state index >= 15 is 0 Å². The van der Waals surface area contributed by atoms with Gasteiger partial charge in [0.25, 0.3) is 0 Å². The Bertz CT molecular complexity index is 1550. The zero-order valence-corrected chi connectivity index (χ0v) is 23.6. The highest BCUT2D eigenvalue weighted by Gasteiger charge is 2.39. The van der Waals surface area contributed by atoms with Crippen LogP contribution in [0.3, 0.4) is 0 Å². The number of hydrogen-bond acceptors (Lipinski definition) is 2. The van der Waals surface area contributed by atoms with Gasteiger partial charge in [0.15, 0.2) is 7.28 Å². The number of fused-ring (bicyclic) bond motifs is 3. The number of para-hydroxylation sites is 2. The number of nitrogens with zero attached hydrogens (tertiary/aromatic N) is 2. The number of hydrogen-bond donors (Lipinski definition) is 0. The zero-order valence-electron chi connectivity index (χ0n) is 20.6. The molecule has 0 N–H and O–H groups in total. The fraction of sp³-hybridized carbons (Fsp3) is 0.200. The molecule has 0 amide bonds. The van der Waals surface area contributed by atoms with E-state index in [1.807, 2.05) is 30.3 Å². The van der Waals surface area contributed by atoms with E-state index in [4.69, 9.17) is 9.27 Å². The molecule has 0 saturated carbocycles. The summed E-state index contributed by atoms with van der Waals surface area (Å²) in [7, 11) is -2.56. The lowest BCUT2D eigenvalue weighted by Crippen LogP contribution is -2.27. The Kier molecular flexibility index (Phi) is 6.54. The maximum Gasteiger partial charge on any atom is 0.173 e. The van der Waals surface area contributed by atoms with Crippen molar-refractivity contribution in [2.24, 2.45) is 4.74 Å². The van der Waals surface area contributed by atoms with Gasteiger partial charge in [0.1, 0.15) is 5.75 Å². The number of halogens is 1. The van der Waals surface area contributed by atoms with Gasteiger partial charge in [-0.15, -0.1) is 0 Å². The molecule has 0 radical (unpaired) electrons. The largest absolute Gasteiger partial charge is 0.455 e. The standard InChI is InChI=1S/C30H30IN2OP/c1-5-33-28-14-10-9-13-26(28)27-21-25(19-20-29(27)33)35(30(2,3)4,34-24-11-7-6-8-12-24)32-23-17-15-22(31)16-18-23/h6-21H,5H2,1-4H3/t35-/m1/s1. The molecule has 1 aromatic heterocycles. The molecule has 0 aliphatic carbocycles. The molecule has 1 atom stereocenters. The topological polar surface area (TPSA) is 26.5 Å². The molecule has 4 aromatic carbocycles. The monoisotopic (exact) mass is 592 g/mol. The van der Waals surface area contributed by atoms with Crippen LogP contribution in [-0.2, 0) is 6.54 Å². The minimum absolute atomic E-state index is 0.233. The molecular formula is C30H30IN2OP. The van der Waals surface area contributed by atoms with Crippen LogP contribution in [-0.4, -0.2) is 9.72 Å². The first-order valence-electron chi connectivity index (χ1n) is 12.0. The quantitative estimate of drug-likeness (QED) is 0.148. The van der Waals surface area contributed by atoms with E-state index in [2.05, 4.69) is 122 Å². The third-order valence-electron chi connectivity index (χ3n) is 6.40. The average Bonchev–Trinajstić information content (AvgIpc) is 3.18. The molecule has 35 heavy (non-hydrogen) atoms. The SMILES string of the molecule is CCn1c2ccccc2c2cc([P@@](=Nc3ccc(I)cc3)(Oc3ccccc3)C(C)(C)C)ccc21. The molecule has 0 fully saturated rings. The van der Waals surface area contributed by atoms with E-state index in [-0.39, 0.29) is 5.16 Å². The fourth-order valence-corrected chi connectivity index (χ4v) is 8.12. The van der Waals surface area contributed by atoms with Crippen LogP contribution < -0.4 is 9.83 Å². The molecule has 0 aliphatic rings. The maximum atomic E-state index is 7.02. The van der Waals surface area contributed by atoms with Crippen LogP contribution in [0.15, 0.2) is 102 Å². The van der Waals surface area contributed by atoms with Crippen molar-refractivity contribution in [3.05, 3.63) is 101 Å². The highest BCUT2D eigenvalue weighted by molar-refractivity contribution is 14.1. The van der Waals surface area contributed by atoms with Crippen molar-refractivity contribution in [3.8, 4) is 5.75 Å². The summed E-state index contributed by atoms with van der Waals surface area (Å²) in [6, 6.07) is 34.0. The number of benzene rings is 4. The molecule has 0 unspecified atom stereocenters. The van der Waals surface area contributed by atoms with Gasteiger partial charge in [-0.2, -0.15) is 0 Å². The molecule has 178 valence electrons.